The maximum Gasteiger partial charge on any atom is 0.407 e. The third-order valence-corrected chi connectivity index (χ3v) is 12.0. The van der Waals surface area contributed by atoms with Gasteiger partial charge >= 0.3 is 6.09 Å². The number of aromatic amines is 1. The average Bonchev–Trinajstić information content (AvgIpc) is 3.54. The van der Waals surface area contributed by atoms with Gasteiger partial charge in [0.15, 0.2) is 17.2 Å². The van der Waals surface area contributed by atoms with Crippen LogP contribution in [0.4, 0.5) is 4.79 Å². The van der Waals surface area contributed by atoms with Crippen LogP contribution in [0.3, 0.4) is 0 Å². The quantitative estimate of drug-likeness (QED) is 0.156. The maximum absolute atomic E-state index is 14.8. The number of thioether (sulfide) groups is 2. The number of ether oxygens (including phenoxy) is 4. The molecule has 0 saturated carbocycles. The van der Waals surface area contributed by atoms with Gasteiger partial charge in [0.1, 0.15) is 40.5 Å². The van der Waals surface area contributed by atoms with Crippen LogP contribution in [0.5, 0.6) is 5.75 Å². The number of nitrogens with zero attached hydrogens (tertiary/aromatic N) is 1. The lowest BCUT2D eigenvalue weighted by molar-refractivity contribution is -0.278. The Kier molecular flexibility index (Phi) is 12.4. The van der Waals surface area contributed by atoms with E-state index in [0.29, 0.717) is 21.8 Å². The topological polar surface area (TPSA) is 207 Å². The molecule has 1 amide bonds. The normalized spacial score (nSPS) is 28.8. The van der Waals surface area contributed by atoms with Gasteiger partial charge in [-0.25, -0.2) is 4.79 Å². The second kappa shape index (κ2) is 17.1. The molecule has 6 unspecified atom stereocenters. The SMILES string of the molecule is COC(=O)NC1C(=O)C[C@H](O)/C(=C/CSC(C)=O)C2=C1C#C/C=C\C#C[C@@H]2OC1OC(C)C(SC)(C(=O)c2nccc3c2[nH]c2ccc(O)cc23)C(O)C1OC. The van der Waals surface area contributed by atoms with E-state index in [-0.39, 0.29) is 39.0 Å². The largest absolute Gasteiger partial charge is 0.508 e. The Morgan fingerprint density at radius 2 is 1.93 bits per heavy atom. The van der Waals surface area contributed by atoms with Gasteiger partial charge in [0, 0.05) is 59.8 Å². The number of carbonyl (C=O) groups is 4. The molecule has 0 spiro atoms. The van der Waals surface area contributed by atoms with E-state index in [9.17, 15) is 34.5 Å². The molecule has 0 bridgehead atoms. The van der Waals surface area contributed by atoms with E-state index in [4.69, 9.17) is 18.9 Å². The summed E-state index contributed by atoms with van der Waals surface area (Å²) in [6, 6.07) is 5.14. The number of ketones is 2. The van der Waals surface area contributed by atoms with Gasteiger partial charge in [-0.2, -0.15) is 0 Å². The monoisotopic (exact) mass is 801 g/mol. The Labute approximate surface area is 330 Å². The first-order chi connectivity index (χ1) is 26.9. The maximum atomic E-state index is 14.8. The lowest BCUT2D eigenvalue weighted by Gasteiger charge is -2.49. The number of methoxy groups -OCH3 is 2. The van der Waals surface area contributed by atoms with Crippen LogP contribution in [-0.2, 0) is 28.5 Å². The molecule has 0 radical (unpaired) electrons. The molecule has 16 heteroatoms. The van der Waals surface area contributed by atoms with Crippen molar-refractivity contribution in [3.05, 3.63) is 71.1 Å². The van der Waals surface area contributed by atoms with Crippen molar-refractivity contribution in [2.24, 2.45) is 0 Å². The number of phenols is 1. The number of rotatable bonds is 9. The van der Waals surface area contributed by atoms with Crippen LogP contribution in [0, 0.1) is 23.7 Å². The minimum atomic E-state index is -1.68. The first-order valence-electron chi connectivity index (χ1n) is 17.4. The molecule has 2 aromatic heterocycles. The second-order valence-electron chi connectivity index (χ2n) is 13.0. The zero-order chi connectivity index (χ0) is 40.3. The fourth-order valence-corrected chi connectivity index (χ4v) is 8.73. The predicted molar refractivity (Wildman–Crippen MR) is 210 cm³/mol. The molecule has 14 nitrogen and oxygen atoms in total. The Balaban J connectivity index is 1.43. The van der Waals surface area contributed by atoms with Crippen LogP contribution in [0.15, 0.2) is 65.4 Å². The van der Waals surface area contributed by atoms with E-state index >= 15 is 0 Å². The Morgan fingerprint density at radius 3 is 2.64 bits per heavy atom. The van der Waals surface area contributed by atoms with E-state index < -0.39 is 71.7 Å². The summed E-state index contributed by atoms with van der Waals surface area (Å²) in [5.41, 5.74) is 1.49. The van der Waals surface area contributed by atoms with Crippen LogP contribution in [0.2, 0.25) is 0 Å². The number of amides is 1. The highest BCUT2D eigenvalue weighted by atomic mass is 32.2. The molecule has 2 aliphatic carbocycles. The van der Waals surface area contributed by atoms with Crippen molar-refractivity contribution in [2.45, 2.75) is 67.9 Å². The van der Waals surface area contributed by atoms with E-state index in [0.717, 1.165) is 30.6 Å². The highest BCUT2D eigenvalue weighted by Gasteiger charge is 2.60. The summed E-state index contributed by atoms with van der Waals surface area (Å²) >= 11 is 2.04. The number of nitrogens with one attached hydrogen (secondary N) is 2. The Bertz CT molecular complexity index is 2310. The van der Waals surface area contributed by atoms with Gasteiger partial charge in [0.05, 0.1) is 24.8 Å². The van der Waals surface area contributed by atoms with E-state index in [1.54, 1.807) is 37.5 Å². The number of Topliss-reactive ketones (excluding diaryl/α,β-unsaturated/α-hetero) is 2. The molecule has 8 atom stereocenters. The van der Waals surface area contributed by atoms with E-state index in [1.165, 1.54) is 38.4 Å². The fraction of sp³-hybridized carbons (Fsp3) is 0.375. The number of allylic oxidation sites excluding steroid dienone is 2. The number of H-pyrrole nitrogens is 1. The zero-order valence-corrected chi connectivity index (χ0v) is 32.6. The summed E-state index contributed by atoms with van der Waals surface area (Å²) in [7, 11) is 2.46. The number of benzene rings is 1. The predicted octanol–water partition coefficient (Wildman–Crippen LogP) is 3.35. The summed E-state index contributed by atoms with van der Waals surface area (Å²) in [6.07, 6.45) is -1.82. The molecule has 3 aliphatic rings. The van der Waals surface area contributed by atoms with Crippen molar-refractivity contribution < 1.29 is 53.4 Å². The number of fused-ring (bicyclic) bond motifs is 3. The number of pyridine rings is 1. The van der Waals surface area contributed by atoms with Crippen molar-refractivity contribution >= 4 is 68.1 Å². The van der Waals surface area contributed by atoms with Gasteiger partial charge < -0.3 is 44.6 Å². The number of hydrogen-bond acceptors (Lipinski definition) is 14. The van der Waals surface area contributed by atoms with Gasteiger partial charge in [-0.1, -0.05) is 41.5 Å². The summed E-state index contributed by atoms with van der Waals surface area (Å²) in [5.74, 6) is 10.6. The minimum absolute atomic E-state index is 0.0398. The van der Waals surface area contributed by atoms with Gasteiger partial charge in [0.2, 0.25) is 5.78 Å². The molecule has 5 N–H and O–H groups in total. The van der Waals surface area contributed by atoms with Crippen molar-refractivity contribution in [3.63, 3.8) is 0 Å². The van der Waals surface area contributed by atoms with Gasteiger partial charge in [-0.3, -0.25) is 19.4 Å². The second-order valence-corrected chi connectivity index (χ2v) is 15.3. The zero-order valence-electron chi connectivity index (χ0n) is 30.9. The smallest absolute Gasteiger partial charge is 0.407 e. The molecule has 1 fully saturated rings. The van der Waals surface area contributed by atoms with Crippen molar-refractivity contribution in [1.29, 1.82) is 0 Å². The summed E-state index contributed by atoms with van der Waals surface area (Å²) < 4.78 is 22.0. The summed E-state index contributed by atoms with van der Waals surface area (Å²) in [4.78, 5) is 60.4. The third-order valence-electron chi connectivity index (χ3n) is 9.85. The minimum Gasteiger partial charge on any atom is -0.508 e. The molecular formula is C40H39N3O11S2. The standard InChI is InChI=1S/C40H39N3O11S2/c1-20-40(55-5,36(48)34-33-23(14-16-41-34)26-18-22(45)12-13-27(26)42-33)37(49)35(51-3)38(53-20)54-30-11-9-7-6-8-10-25-31(30)24(15-17-56-21(2)44)28(46)19-29(47)32(25)43-39(50)52-4/h6-7,12-16,18,20,28,30,32,35,37-38,42,45-46,49H,17,19H2,1-5H3,(H,43,50)/b7-6-,24-15-/t20?,28-,30-,32?,35?,37?,38?,40?/m0/s1. The van der Waals surface area contributed by atoms with Crippen LogP contribution < -0.4 is 5.32 Å². The van der Waals surface area contributed by atoms with Crippen molar-refractivity contribution in [1.82, 2.24) is 15.3 Å². The van der Waals surface area contributed by atoms with Gasteiger partial charge in [-0.05, 0) is 55.2 Å². The van der Waals surface area contributed by atoms with E-state index in [1.807, 2.05) is 0 Å². The first-order valence-corrected chi connectivity index (χ1v) is 19.6. The van der Waals surface area contributed by atoms with Crippen molar-refractivity contribution in [3.8, 4) is 29.4 Å². The Hall–Kier alpha value is -4.91. The van der Waals surface area contributed by atoms with Crippen LogP contribution >= 0.6 is 23.5 Å². The molecule has 3 heterocycles. The van der Waals surface area contributed by atoms with Gasteiger partial charge in [-0.15, -0.1) is 11.8 Å². The molecule has 1 aromatic carbocycles. The highest BCUT2D eigenvalue weighted by Crippen LogP contribution is 2.45. The van der Waals surface area contributed by atoms with Crippen LogP contribution in [-0.4, -0.2) is 122 Å². The van der Waals surface area contributed by atoms with Gasteiger partial charge in [0.25, 0.3) is 0 Å². The van der Waals surface area contributed by atoms with Crippen molar-refractivity contribution in [2.75, 3.05) is 26.2 Å². The molecule has 56 heavy (non-hydrogen) atoms. The first kappa shape index (κ1) is 40.7. The number of carbonyl (C=O) groups excluding carboxylic acids is 4. The molecule has 292 valence electrons. The number of hydrogen-bond donors (Lipinski definition) is 5. The molecule has 3 aromatic rings. The molecule has 1 saturated heterocycles. The molecule has 1 aliphatic heterocycles. The number of phenolic OH excluding ortho intramolecular Hbond substituents is 1. The lowest BCUT2D eigenvalue weighted by atomic mass is 9.83. The fourth-order valence-electron chi connectivity index (χ4n) is 7.19. The van der Waals surface area contributed by atoms with E-state index in [2.05, 4.69) is 39.0 Å². The Morgan fingerprint density at radius 1 is 1.16 bits per heavy atom. The summed E-state index contributed by atoms with van der Waals surface area (Å²) in [6.45, 7) is 3.01. The molecule has 6 rings (SSSR count). The average molecular weight is 802 g/mol. The van der Waals surface area contributed by atoms with Crippen LogP contribution in [0.1, 0.15) is 30.8 Å². The number of aromatic nitrogens is 2. The third kappa shape index (κ3) is 7.62. The highest BCUT2D eigenvalue weighted by molar-refractivity contribution is 8.13. The lowest BCUT2D eigenvalue weighted by Crippen LogP contribution is -2.68. The number of alkyl carbamates (subject to hydrolysis) is 1. The summed E-state index contributed by atoms with van der Waals surface area (Å²) in [5, 5.41) is 37.5. The number of aliphatic hydroxyl groups excluding tert-OH is 2. The number of aromatic hydroxyl groups is 1. The number of aliphatic hydroxyl groups is 2. The van der Waals surface area contributed by atoms with Crippen LogP contribution in [0.25, 0.3) is 21.8 Å². The molecular weight excluding hydrogens is 763 g/mol.